The number of hydrogen-bond donors (Lipinski definition) is 0. The summed E-state index contributed by atoms with van der Waals surface area (Å²) in [6.45, 7) is 9.80. The van der Waals surface area contributed by atoms with Gasteiger partial charge in [-0.1, -0.05) is 0 Å². The minimum absolute atomic E-state index is 0.203. The molecule has 134 valence electrons. The summed E-state index contributed by atoms with van der Waals surface area (Å²) in [5.41, 5.74) is 0.819. The summed E-state index contributed by atoms with van der Waals surface area (Å²) < 4.78 is 6.76. The Kier molecular flexibility index (Phi) is 6.18. The zero-order valence-corrected chi connectivity index (χ0v) is 18.8. The maximum absolute atomic E-state index is 12.1. The van der Waals surface area contributed by atoms with Crippen LogP contribution >= 0.6 is 0 Å². The fourth-order valence-corrected chi connectivity index (χ4v) is 5.59. The monoisotopic (exact) mass is 441 g/mol. The van der Waals surface area contributed by atoms with E-state index < -0.39 is 24.0 Å². The Morgan fingerprint density at radius 1 is 1.17 bits per heavy atom. The van der Waals surface area contributed by atoms with E-state index in [-0.39, 0.29) is 6.09 Å². The Morgan fingerprint density at radius 2 is 1.79 bits per heavy atom. The van der Waals surface area contributed by atoms with E-state index in [4.69, 9.17) is 4.74 Å². The first kappa shape index (κ1) is 19.5. The molecule has 0 saturated carbocycles. The fraction of sp³-hybridized carbons (Fsp3) is 0.667. The van der Waals surface area contributed by atoms with Crippen LogP contribution in [-0.2, 0) is 11.3 Å². The molecule has 0 spiro atoms. The van der Waals surface area contributed by atoms with Crippen molar-refractivity contribution in [2.45, 2.75) is 47.7 Å². The van der Waals surface area contributed by atoms with Crippen molar-refractivity contribution in [2.75, 3.05) is 26.2 Å². The molecular formula is C18H31N3O2Sn. The molecule has 2 rings (SSSR count). The molecule has 0 atom stereocenters. The van der Waals surface area contributed by atoms with E-state index in [1.807, 2.05) is 27.0 Å². The number of nitrogens with zero attached hydrogens (tertiary/aromatic N) is 3. The van der Waals surface area contributed by atoms with Crippen molar-refractivity contribution >= 4 is 28.2 Å². The van der Waals surface area contributed by atoms with Gasteiger partial charge in [-0.2, -0.15) is 0 Å². The van der Waals surface area contributed by atoms with Crippen molar-refractivity contribution in [1.29, 1.82) is 0 Å². The molecule has 1 aliphatic heterocycles. The molecule has 5 nitrogen and oxygen atoms in total. The molecule has 1 aromatic rings. The number of pyridine rings is 1. The van der Waals surface area contributed by atoms with E-state index in [2.05, 4.69) is 36.8 Å². The molecule has 0 N–H and O–H groups in total. The van der Waals surface area contributed by atoms with Crippen LogP contribution in [-0.4, -0.2) is 71.0 Å². The van der Waals surface area contributed by atoms with Gasteiger partial charge >= 0.3 is 130 Å². The van der Waals surface area contributed by atoms with Gasteiger partial charge in [0.1, 0.15) is 0 Å². The Labute approximate surface area is 150 Å². The first-order valence-corrected chi connectivity index (χ1v) is 18.7. The summed E-state index contributed by atoms with van der Waals surface area (Å²) in [5.74, 6) is 0. The van der Waals surface area contributed by atoms with Crippen LogP contribution in [0.5, 0.6) is 0 Å². The number of amides is 1. The summed E-state index contributed by atoms with van der Waals surface area (Å²) >= 11 is -2.06. The third-order valence-corrected chi connectivity index (χ3v) is 9.25. The normalized spacial score (nSPS) is 17.0. The second kappa shape index (κ2) is 7.60. The molecule has 1 aromatic heterocycles. The van der Waals surface area contributed by atoms with E-state index in [1.165, 1.54) is 9.27 Å². The number of piperazine rings is 1. The van der Waals surface area contributed by atoms with Crippen LogP contribution in [0.3, 0.4) is 0 Å². The van der Waals surface area contributed by atoms with E-state index in [9.17, 15) is 4.79 Å². The van der Waals surface area contributed by atoms with E-state index in [1.54, 1.807) is 4.90 Å². The van der Waals surface area contributed by atoms with Crippen LogP contribution < -0.4 is 3.71 Å². The first-order valence-electron chi connectivity index (χ1n) is 8.70. The average Bonchev–Trinajstić information content (AvgIpc) is 2.46. The Bertz CT molecular complexity index is 553. The van der Waals surface area contributed by atoms with Gasteiger partial charge in [0.05, 0.1) is 0 Å². The summed E-state index contributed by atoms with van der Waals surface area (Å²) in [4.78, 5) is 28.1. The van der Waals surface area contributed by atoms with Crippen molar-refractivity contribution in [3.8, 4) is 0 Å². The molecule has 24 heavy (non-hydrogen) atoms. The van der Waals surface area contributed by atoms with Crippen LogP contribution in [0.4, 0.5) is 4.79 Å². The molecule has 1 aliphatic rings. The van der Waals surface area contributed by atoms with Crippen LogP contribution in [0.1, 0.15) is 26.3 Å². The van der Waals surface area contributed by atoms with E-state index >= 15 is 0 Å². The zero-order chi connectivity index (χ0) is 18.0. The van der Waals surface area contributed by atoms with Crippen molar-refractivity contribution in [3.63, 3.8) is 0 Å². The SMILES string of the molecule is CC(C)(C)OC(=O)N1CCN(Cc2cc[c]([Sn]([CH3])([CH3])[CH3])nc2)CC1. The van der Waals surface area contributed by atoms with Crippen LogP contribution in [0.25, 0.3) is 0 Å². The van der Waals surface area contributed by atoms with Gasteiger partial charge in [-0.25, -0.2) is 0 Å². The summed E-state index contributed by atoms with van der Waals surface area (Å²) in [5, 5.41) is 0. The van der Waals surface area contributed by atoms with Gasteiger partial charge < -0.3 is 0 Å². The van der Waals surface area contributed by atoms with Crippen molar-refractivity contribution in [3.05, 3.63) is 23.9 Å². The van der Waals surface area contributed by atoms with Crippen molar-refractivity contribution in [1.82, 2.24) is 14.8 Å². The van der Waals surface area contributed by atoms with Crippen molar-refractivity contribution in [2.24, 2.45) is 0 Å². The van der Waals surface area contributed by atoms with Crippen LogP contribution in [0.2, 0.25) is 14.8 Å². The standard InChI is InChI=1S/C15H22N3O2.3CH3.Sn/c1-15(2,3)20-14(19)18-9-7-17(8-10-18)12-13-5-4-6-16-11-13;;;;/h4-5,11H,7-10,12H2,1-3H3;3*1H3;. The topological polar surface area (TPSA) is 45.7 Å². The van der Waals surface area contributed by atoms with E-state index in [0.717, 1.165) is 32.7 Å². The van der Waals surface area contributed by atoms with Gasteiger partial charge in [-0.3, -0.25) is 0 Å². The Hall–Kier alpha value is -0.821. The molecule has 0 bridgehead atoms. The Balaban J connectivity index is 1.84. The van der Waals surface area contributed by atoms with Gasteiger partial charge in [-0.15, -0.1) is 0 Å². The molecule has 0 unspecified atom stereocenters. The zero-order valence-electron chi connectivity index (χ0n) is 15.9. The van der Waals surface area contributed by atoms with E-state index in [0.29, 0.717) is 0 Å². The fourth-order valence-electron chi connectivity index (χ4n) is 2.63. The molecule has 0 aliphatic carbocycles. The summed E-state index contributed by atoms with van der Waals surface area (Å²) in [7, 11) is 0. The Morgan fingerprint density at radius 3 is 2.25 bits per heavy atom. The predicted octanol–water partition coefficient (Wildman–Crippen LogP) is 2.68. The molecular weight excluding hydrogens is 409 g/mol. The molecule has 0 aromatic carbocycles. The van der Waals surface area contributed by atoms with Gasteiger partial charge in [0, 0.05) is 0 Å². The summed E-state index contributed by atoms with van der Waals surface area (Å²) in [6.07, 6.45) is 1.82. The van der Waals surface area contributed by atoms with Crippen LogP contribution in [0, 0.1) is 0 Å². The number of carbonyl (C=O) groups is 1. The third-order valence-electron chi connectivity index (χ3n) is 4.02. The third kappa shape index (κ3) is 5.92. The van der Waals surface area contributed by atoms with Gasteiger partial charge in [0.2, 0.25) is 0 Å². The maximum atomic E-state index is 12.1. The molecule has 1 saturated heterocycles. The average molecular weight is 440 g/mol. The molecule has 1 fully saturated rings. The molecule has 6 heteroatoms. The quantitative estimate of drug-likeness (QED) is 0.679. The second-order valence-electron chi connectivity index (χ2n) is 8.55. The first-order chi connectivity index (χ1) is 11.0. The minimum atomic E-state index is -2.06. The predicted molar refractivity (Wildman–Crippen MR) is 100 cm³/mol. The van der Waals surface area contributed by atoms with Gasteiger partial charge in [-0.05, 0) is 20.8 Å². The number of aromatic nitrogens is 1. The number of ether oxygens (including phenoxy) is 1. The van der Waals surface area contributed by atoms with Gasteiger partial charge in [0.15, 0.2) is 0 Å². The van der Waals surface area contributed by atoms with Crippen molar-refractivity contribution < 1.29 is 9.53 Å². The number of hydrogen-bond acceptors (Lipinski definition) is 4. The van der Waals surface area contributed by atoms with Gasteiger partial charge in [0.25, 0.3) is 0 Å². The van der Waals surface area contributed by atoms with Crippen LogP contribution in [0.15, 0.2) is 18.3 Å². The molecule has 1 amide bonds. The summed E-state index contributed by atoms with van der Waals surface area (Å²) in [6, 6.07) is 4.42. The number of carbonyl (C=O) groups excluding carboxylic acids is 1. The molecule has 2 heterocycles. The molecule has 0 radical (unpaired) electrons. The second-order valence-corrected chi connectivity index (χ2v) is 22.9. The number of rotatable bonds is 3.